The van der Waals surface area contributed by atoms with Crippen LogP contribution < -0.4 is 10.6 Å². The van der Waals surface area contributed by atoms with Gasteiger partial charge in [0.05, 0.1) is 0 Å². The summed E-state index contributed by atoms with van der Waals surface area (Å²) in [5.74, 6) is 0.855. The third-order valence-electron chi connectivity index (χ3n) is 2.11. The number of nitrogens with zero attached hydrogens (tertiary/aromatic N) is 2. The largest absolute Gasteiger partial charge is 0.382 e. The predicted molar refractivity (Wildman–Crippen MR) is 68.0 cm³/mol. The van der Waals surface area contributed by atoms with Gasteiger partial charge in [-0.2, -0.15) is 0 Å². The average molecular weight is 220 g/mol. The van der Waals surface area contributed by atoms with Crippen molar-refractivity contribution in [3.8, 4) is 0 Å². The van der Waals surface area contributed by atoms with Crippen LogP contribution in [0.25, 0.3) is 0 Å². The lowest BCUT2D eigenvalue weighted by Crippen LogP contribution is -2.30. The van der Waals surface area contributed by atoms with Crippen LogP contribution in [0.1, 0.15) is 26.5 Å². The second kappa shape index (κ2) is 4.51. The van der Waals surface area contributed by atoms with E-state index in [1.54, 1.807) is 6.07 Å². The maximum Gasteiger partial charge on any atom is 0.141 e. The van der Waals surface area contributed by atoms with Crippen molar-refractivity contribution in [2.24, 2.45) is 11.1 Å². The van der Waals surface area contributed by atoms with Crippen molar-refractivity contribution in [3.63, 3.8) is 0 Å². The highest BCUT2D eigenvalue weighted by atomic mass is 15.2. The molecule has 0 atom stereocenters. The molecule has 4 nitrogen and oxygen atoms in total. The monoisotopic (exact) mass is 220 g/mol. The van der Waals surface area contributed by atoms with E-state index in [1.165, 1.54) is 0 Å². The van der Waals surface area contributed by atoms with Gasteiger partial charge in [-0.25, -0.2) is 4.98 Å². The lowest BCUT2D eigenvalue weighted by atomic mass is 9.96. The van der Waals surface area contributed by atoms with Gasteiger partial charge in [0.1, 0.15) is 17.3 Å². The van der Waals surface area contributed by atoms with Gasteiger partial charge in [0, 0.05) is 13.6 Å². The summed E-state index contributed by atoms with van der Waals surface area (Å²) in [5, 5.41) is 7.35. The van der Waals surface area contributed by atoms with Gasteiger partial charge in [-0.1, -0.05) is 26.8 Å². The number of nitrogen functional groups attached to an aromatic ring is 1. The Morgan fingerprint density at radius 3 is 2.56 bits per heavy atom. The lowest BCUT2D eigenvalue weighted by Gasteiger charge is -2.27. The number of nitrogens with two attached hydrogens (primary N) is 1. The lowest BCUT2D eigenvalue weighted by molar-refractivity contribution is 0.418. The Balaban J connectivity index is 2.87. The summed E-state index contributed by atoms with van der Waals surface area (Å²) in [4.78, 5) is 6.41. The summed E-state index contributed by atoms with van der Waals surface area (Å²) < 4.78 is 0. The van der Waals surface area contributed by atoms with E-state index in [9.17, 15) is 0 Å². The SMILES string of the molecule is CN(CC(C)(C)C)c1cccc(C(=N)N)n1. The molecule has 1 aromatic rings. The molecule has 16 heavy (non-hydrogen) atoms. The van der Waals surface area contributed by atoms with Gasteiger partial charge in [-0.3, -0.25) is 5.41 Å². The number of pyridine rings is 1. The maximum absolute atomic E-state index is 7.35. The molecule has 0 aromatic carbocycles. The van der Waals surface area contributed by atoms with E-state index in [1.807, 2.05) is 19.2 Å². The minimum absolute atomic E-state index is 0.00556. The van der Waals surface area contributed by atoms with E-state index in [4.69, 9.17) is 11.1 Å². The molecule has 4 heteroatoms. The van der Waals surface area contributed by atoms with Crippen LogP contribution in [-0.4, -0.2) is 24.4 Å². The second-order valence-corrected chi connectivity index (χ2v) is 5.21. The van der Waals surface area contributed by atoms with Crippen LogP contribution in [0, 0.1) is 10.8 Å². The highest BCUT2D eigenvalue weighted by Crippen LogP contribution is 2.18. The number of hydrogen-bond donors (Lipinski definition) is 2. The number of nitrogens with one attached hydrogen (secondary N) is 1. The number of aromatic nitrogens is 1. The predicted octanol–water partition coefficient (Wildman–Crippen LogP) is 1.85. The topological polar surface area (TPSA) is 66.0 Å². The van der Waals surface area contributed by atoms with Gasteiger partial charge in [0.2, 0.25) is 0 Å². The fraction of sp³-hybridized carbons (Fsp3) is 0.500. The van der Waals surface area contributed by atoms with E-state index in [0.717, 1.165) is 12.4 Å². The van der Waals surface area contributed by atoms with Gasteiger partial charge >= 0.3 is 0 Å². The number of hydrogen-bond acceptors (Lipinski definition) is 3. The highest BCUT2D eigenvalue weighted by molar-refractivity contribution is 5.93. The molecule has 0 bridgehead atoms. The molecule has 0 aliphatic carbocycles. The van der Waals surface area contributed by atoms with Gasteiger partial charge in [0.25, 0.3) is 0 Å². The molecule has 0 aliphatic heterocycles. The van der Waals surface area contributed by atoms with Crippen molar-refractivity contribution in [2.75, 3.05) is 18.5 Å². The zero-order valence-corrected chi connectivity index (χ0v) is 10.4. The standard InChI is InChI=1S/C12H20N4/c1-12(2,3)8-16(4)10-7-5-6-9(15-10)11(13)14/h5-7H,8H2,1-4H3,(H3,13,14). The summed E-state index contributed by atoms with van der Waals surface area (Å²) in [6, 6.07) is 5.55. The Hall–Kier alpha value is -1.58. The van der Waals surface area contributed by atoms with Gasteiger partial charge in [-0.15, -0.1) is 0 Å². The second-order valence-electron chi connectivity index (χ2n) is 5.21. The molecule has 0 radical (unpaired) electrons. The summed E-state index contributed by atoms with van der Waals surface area (Å²) >= 11 is 0. The van der Waals surface area contributed by atoms with Crippen molar-refractivity contribution in [3.05, 3.63) is 23.9 Å². The van der Waals surface area contributed by atoms with E-state index >= 15 is 0 Å². The third kappa shape index (κ3) is 3.53. The molecule has 0 amide bonds. The number of anilines is 1. The van der Waals surface area contributed by atoms with Crippen LogP contribution in [0.2, 0.25) is 0 Å². The van der Waals surface area contributed by atoms with Crippen LogP contribution in [-0.2, 0) is 0 Å². The van der Waals surface area contributed by atoms with E-state index in [0.29, 0.717) is 5.69 Å². The molecule has 0 saturated carbocycles. The van der Waals surface area contributed by atoms with E-state index in [2.05, 4.69) is 30.7 Å². The van der Waals surface area contributed by atoms with Gasteiger partial charge < -0.3 is 10.6 Å². The zero-order chi connectivity index (χ0) is 12.3. The first-order chi connectivity index (χ1) is 7.29. The first kappa shape index (κ1) is 12.5. The molecular formula is C12H20N4. The minimum atomic E-state index is 0.00556. The first-order valence-electron chi connectivity index (χ1n) is 5.32. The summed E-state index contributed by atoms with van der Waals surface area (Å²) in [6.07, 6.45) is 0. The highest BCUT2D eigenvalue weighted by Gasteiger charge is 2.15. The Morgan fingerprint density at radius 2 is 2.06 bits per heavy atom. The van der Waals surface area contributed by atoms with E-state index in [-0.39, 0.29) is 11.3 Å². The van der Waals surface area contributed by atoms with Crippen molar-refractivity contribution in [2.45, 2.75) is 20.8 Å². The molecule has 0 unspecified atom stereocenters. The number of amidine groups is 1. The van der Waals surface area contributed by atoms with Crippen molar-refractivity contribution in [1.82, 2.24) is 4.98 Å². The third-order valence-corrected chi connectivity index (χ3v) is 2.11. The Labute approximate surface area is 97.0 Å². The molecule has 0 spiro atoms. The minimum Gasteiger partial charge on any atom is -0.382 e. The fourth-order valence-corrected chi connectivity index (χ4v) is 1.58. The normalized spacial score (nSPS) is 11.2. The quantitative estimate of drug-likeness (QED) is 0.603. The molecule has 0 fully saturated rings. The van der Waals surface area contributed by atoms with Crippen molar-refractivity contribution >= 4 is 11.7 Å². The smallest absolute Gasteiger partial charge is 0.141 e. The Morgan fingerprint density at radius 1 is 1.44 bits per heavy atom. The molecule has 1 aromatic heterocycles. The van der Waals surface area contributed by atoms with Gasteiger partial charge in [-0.05, 0) is 17.5 Å². The maximum atomic E-state index is 7.35. The van der Waals surface area contributed by atoms with Crippen molar-refractivity contribution in [1.29, 1.82) is 5.41 Å². The zero-order valence-electron chi connectivity index (χ0n) is 10.4. The Kier molecular flexibility index (Phi) is 3.52. The molecule has 0 aliphatic rings. The molecule has 0 saturated heterocycles. The summed E-state index contributed by atoms with van der Waals surface area (Å²) in [5.41, 5.74) is 6.15. The van der Waals surface area contributed by atoms with Crippen molar-refractivity contribution < 1.29 is 0 Å². The summed E-state index contributed by atoms with van der Waals surface area (Å²) in [7, 11) is 2.00. The Bertz CT molecular complexity index is 379. The van der Waals surface area contributed by atoms with Crippen LogP contribution in [0.4, 0.5) is 5.82 Å². The van der Waals surface area contributed by atoms with Crippen LogP contribution in [0.5, 0.6) is 0 Å². The number of rotatable bonds is 3. The molecule has 1 heterocycles. The average Bonchev–Trinajstić information content (AvgIpc) is 2.15. The summed E-state index contributed by atoms with van der Waals surface area (Å²) in [6.45, 7) is 7.44. The van der Waals surface area contributed by atoms with Gasteiger partial charge in [0.15, 0.2) is 0 Å². The molecular weight excluding hydrogens is 200 g/mol. The van der Waals surface area contributed by atoms with Crippen LogP contribution in [0.3, 0.4) is 0 Å². The first-order valence-corrected chi connectivity index (χ1v) is 5.32. The van der Waals surface area contributed by atoms with Crippen LogP contribution >= 0.6 is 0 Å². The molecule has 3 N–H and O–H groups in total. The fourth-order valence-electron chi connectivity index (χ4n) is 1.58. The van der Waals surface area contributed by atoms with Crippen LogP contribution in [0.15, 0.2) is 18.2 Å². The molecule has 1 rings (SSSR count). The van der Waals surface area contributed by atoms with E-state index < -0.39 is 0 Å². The molecule has 88 valence electrons.